The van der Waals surface area contributed by atoms with Crippen molar-refractivity contribution in [3.63, 3.8) is 0 Å². The van der Waals surface area contributed by atoms with Gasteiger partial charge in [-0.15, -0.1) is 0 Å². The quantitative estimate of drug-likeness (QED) is 0.506. The van der Waals surface area contributed by atoms with E-state index in [4.69, 9.17) is 21.1 Å². The molecule has 158 valence electrons. The topological polar surface area (TPSA) is 67.9 Å². The van der Waals surface area contributed by atoms with Gasteiger partial charge in [0, 0.05) is 0 Å². The zero-order valence-electron chi connectivity index (χ0n) is 16.9. The first-order valence-electron chi connectivity index (χ1n) is 9.45. The summed E-state index contributed by atoms with van der Waals surface area (Å²) in [6, 6.07) is 8.38. The fraction of sp³-hybridized carbons (Fsp3) is 0.273. The Hall–Kier alpha value is -3.06. The van der Waals surface area contributed by atoms with E-state index in [1.807, 2.05) is 13.8 Å². The van der Waals surface area contributed by atoms with Crippen molar-refractivity contribution in [3.05, 3.63) is 64.1 Å². The Morgan fingerprint density at radius 1 is 1.23 bits per heavy atom. The maximum atomic E-state index is 13.1. The molecule has 1 heterocycles. The largest absolute Gasteiger partial charge is 0.493 e. The van der Waals surface area contributed by atoms with Crippen molar-refractivity contribution in [1.29, 1.82) is 0 Å². The molecule has 8 heteroatoms. The summed E-state index contributed by atoms with van der Waals surface area (Å²) in [4.78, 5) is 26.0. The van der Waals surface area contributed by atoms with Crippen LogP contribution in [-0.2, 0) is 11.3 Å². The Bertz CT molecular complexity index is 991. The lowest BCUT2D eigenvalue weighted by atomic mass is 10.1. The standard InChI is InChI=1S/C22H22ClFN2O4/c1-4-13(2)30-20-17(23)9-15(11-19(20)29-3)10-18-21(27)26(22(28)25-18)12-14-5-7-16(24)8-6-14/h5-11,13H,4,12H2,1-3H3,(H,25,28)/b18-10+/t13-/m1/s1. The first-order chi connectivity index (χ1) is 14.3. The van der Waals surface area contributed by atoms with Crippen LogP contribution in [0.15, 0.2) is 42.1 Å². The number of amides is 3. The Kier molecular flexibility index (Phi) is 6.62. The molecule has 1 aliphatic heterocycles. The average molecular weight is 433 g/mol. The molecule has 1 N–H and O–H groups in total. The van der Waals surface area contributed by atoms with Gasteiger partial charge in [-0.2, -0.15) is 0 Å². The highest BCUT2D eigenvalue weighted by molar-refractivity contribution is 6.32. The highest BCUT2D eigenvalue weighted by atomic mass is 35.5. The summed E-state index contributed by atoms with van der Waals surface area (Å²) >= 11 is 6.37. The maximum absolute atomic E-state index is 13.1. The molecule has 0 radical (unpaired) electrons. The monoisotopic (exact) mass is 432 g/mol. The second kappa shape index (κ2) is 9.17. The lowest BCUT2D eigenvalue weighted by Gasteiger charge is -2.17. The van der Waals surface area contributed by atoms with Gasteiger partial charge < -0.3 is 14.8 Å². The fourth-order valence-electron chi connectivity index (χ4n) is 2.88. The number of imide groups is 1. The number of halogens is 2. The molecule has 0 spiro atoms. The summed E-state index contributed by atoms with van der Waals surface area (Å²) in [5.74, 6) is -0.0209. The molecule has 0 saturated carbocycles. The second-order valence-corrected chi connectivity index (χ2v) is 7.28. The van der Waals surface area contributed by atoms with Crippen molar-refractivity contribution in [2.45, 2.75) is 32.9 Å². The van der Waals surface area contributed by atoms with Gasteiger partial charge in [-0.3, -0.25) is 9.69 Å². The molecular weight excluding hydrogens is 411 g/mol. The van der Waals surface area contributed by atoms with Gasteiger partial charge >= 0.3 is 6.03 Å². The smallest absolute Gasteiger partial charge is 0.329 e. The number of nitrogens with zero attached hydrogens (tertiary/aromatic N) is 1. The fourth-order valence-corrected chi connectivity index (χ4v) is 3.14. The van der Waals surface area contributed by atoms with Gasteiger partial charge in [0.2, 0.25) is 0 Å². The van der Waals surface area contributed by atoms with Crippen LogP contribution in [0.2, 0.25) is 5.02 Å². The summed E-state index contributed by atoms with van der Waals surface area (Å²) < 4.78 is 24.3. The first-order valence-corrected chi connectivity index (χ1v) is 9.83. The number of carbonyl (C=O) groups excluding carboxylic acids is 2. The van der Waals surface area contributed by atoms with Crippen LogP contribution < -0.4 is 14.8 Å². The summed E-state index contributed by atoms with van der Waals surface area (Å²) in [7, 11) is 1.50. The number of rotatable bonds is 7. The van der Waals surface area contributed by atoms with Crippen molar-refractivity contribution in [3.8, 4) is 11.5 Å². The minimum Gasteiger partial charge on any atom is -0.493 e. The molecule has 0 aliphatic carbocycles. The zero-order valence-corrected chi connectivity index (χ0v) is 17.6. The van der Waals surface area contributed by atoms with Gasteiger partial charge in [-0.25, -0.2) is 9.18 Å². The Balaban J connectivity index is 1.84. The summed E-state index contributed by atoms with van der Waals surface area (Å²) in [6.07, 6.45) is 2.28. The van der Waals surface area contributed by atoms with Crippen LogP contribution in [0.25, 0.3) is 6.08 Å². The van der Waals surface area contributed by atoms with E-state index in [-0.39, 0.29) is 24.2 Å². The molecule has 3 amide bonds. The van der Waals surface area contributed by atoms with Crippen LogP contribution in [0.5, 0.6) is 11.5 Å². The van der Waals surface area contributed by atoms with Crippen molar-refractivity contribution >= 4 is 29.6 Å². The molecule has 1 atom stereocenters. The molecule has 3 rings (SSSR count). The Morgan fingerprint density at radius 3 is 2.57 bits per heavy atom. The highest BCUT2D eigenvalue weighted by Gasteiger charge is 2.33. The first kappa shape index (κ1) is 21.6. The molecule has 1 saturated heterocycles. The van der Waals surface area contributed by atoms with Crippen molar-refractivity contribution in [1.82, 2.24) is 10.2 Å². The van der Waals surface area contributed by atoms with Crippen LogP contribution in [-0.4, -0.2) is 30.1 Å². The van der Waals surface area contributed by atoms with Crippen molar-refractivity contribution in [2.24, 2.45) is 0 Å². The molecule has 0 unspecified atom stereocenters. The summed E-state index contributed by atoms with van der Waals surface area (Å²) in [5, 5.41) is 2.89. The summed E-state index contributed by atoms with van der Waals surface area (Å²) in [6.45, 7) is 3.96. The van der Waals surface area contributed by atoms with Gasteiger partial charge in [0.05, 0.1) is 24.8 Å². The zero-order chi connectivity index (χ0) is 21.8. The highest BCUT2D eigenvalue weighted by Crippen LogP contribution is 2.38. The minimum absolute atomic E-state index is 0.0358. The number of hydrogen-bond donors (Lipinski definition) is 1. The third-order valence-electron chi connectivity index (χ3n) is 4.67. The van der Waals surface area contributed by atoms with E-state index in [2.05, 4.69) is 5.32 Å². The lowest BCUT2D eigenvalue weighted by molar-refractivity contribution is -0.123. The van der Waals surface area contributed by atoms with E-state index >= 15 is 0 Å². The van der Waals surface area contributed by atoms with Crippen LogP contribution in [0.1, 0.15) is 31.4 Å². The number of urea groups is 1. The SMILES string of the molecule is CC[C@@H](C)Oc1c(Cl)cc(/C=C2/NC(=O)N(Cc3ccc(F)cc3)C2=O)cc1OC. The normalized spacial score (nSPS) is 16.0. The van der Waals surface area contributed by atoms with Gasteiger partial charge in [0.25, 0.3) is 5.91 Å². The number of hydrogen-bond acceptors (Lipinski definition) is 4. The molecule has 0 bridgehead atoms. The van der Waals surface area contributed by atoms with E-state index in [1.165, 1.54) is 37.5 Å². The van der Waals surface area contributed by atoms with Gasteiger partial charge in [0.1, 0.15) is 11.5 Å². The molecule has 1 aliphatic rings. The molecule has 0 aromatic heterocycles. The second-order valence-electron chi connectivity index (χ2n) is 6.88. The Labute approximate surface area is 179 Å². The number of nitrogens with one attached hydrogen (secondary N) is 1. The average Bonchev–Trinajstić information content (AvgIpc) is 2.98. The molecule has 1 fully saturated rings. The third-order valence-corrected chi connectivity index (χ3v) is 4.95. The van der Waals surface area contributed by atoms with Crippen molar-refractivity contribution in [2.75, 3.05) is 7.11 Å². The number of benzene rings is 2. The number of ether oxygens (including phenoxy) is 2. The molecule has 2 aromatic carbocycles. The number of methoxy groups -OCH3 is 1. The van der Waals surface area contributed by atoms with Gasteiger partial charge in [-0.05, 0) is 54.8 Å². The molecule has 6 nitrogen and oxygen atoms in total. The van der Waals surface area contributed by atoms with Crippen molar-refractivity contribution < 1.29 is 23.5 Å². The number of carbonyl (C=O) groups is 2. The lowest BCUT2D eigenvalue weighted by Crippen LogP contribution is -2.30. The van der Waals surface area contributed by atoms with Gasteiger partial charge in [-0.1, -0.05) is 30.7 Å². The van der Waals surface area contributed by atoms with E-state index in [0.29, 0.717) is 27.6 Å². The van der Waals surface area contributed by atoms with Crippen LogP contribution in [0.3, 0.4) is 0 Å². The van der Waals surface area contributed by atoms with E-state index in [9.17, 15) is 14.0 Å². The maximum Gasteiger partial charge on any atom is 0.329 e. The van der Waals surface area contributed by atoms with E-state index in [1.54, 1.807) is 12.1 Å². The minimum atomic E-state index is -0.551. The van der Waals surface area contributed by atoms with Crippen LogP contribution in [0, 0.1) is 5.82 Å². The van der Waals surface area contributed by atoms with Crippen LogP contribution >= 0.6 is 11.6 Å². The molecular formula is C22H22ClFN2O4. The van der Waals surface area contributed by atoms with E-state index in [0.717, 1.165) is 11.3 Å². The predicted octanol–water partition coefficient (Wildman–Crippen LogP) is 4.76. The molecule has 30 heavy (non-hydrogen) atoms. The van der Waals surface area contributed by atoms with E-state index < -0.39 is 11.9 Å². The molecule has 2 aromatic rings. The van der Waals surface area contributed by atoms with Crippen LogP contribution in [0.4, 0.5) is 9.18 Å². The Morgan fingerprint density at radius 2 is 1.93 bits per heavy atom. The third kappa shape index (κ3) is 4.74. The summed E-state index contributed by atoms with van der Waals surface area (Å²) in [5.41, 5.74) is 1.31. The van der Waals surface area contributed by atoms with Gasteiger partial charge in [0.15, 0.2) is 11.5 Å². The predicted molar refractivity (Wildman–Crippen MR) is 112 cm³/mol.